The number of rotatable bonds is 9. The van der Waals surface area contributed by atoms with Gasteiger partial charge in [0.2, 0.25) is 0 Å². The molecule has 0 bridgehead atoms. The van der Waals surface area contributed by atoms with Crippen molar-refractivity contribution in [3.63, 3.8) is 0 Å². The highest BCUT2D eigenvalue weighted by Crippen LogP contribution is 1.93. The Labute approximate surface area is 117 Å². The Morgan fingerprint density at radius 3 is 2.60 bits per heavy atom. The number of nitrogens with zero attached hydrogens (tertiary/aromatic N) is 2. The molecule has 114 valence electrons. The van der Waals surface area contributed by atoms with E-state index in [0.717, 1.165) is 6.42 Å². The topological polar surface area (TPSA) is 88.5 Å². The van der Waals surface area contributed by atoms with Crippen molar-refractivity contribution in [3.8, 4) is 0 Å². The number of hydrogen-bond acceptors (Lipinski definition) is 5. The molecule has 0 saturated heterocycles. The second-order valence-corrected chi connectivity index (χ2v) is 4.48. The van der Waals surface area contributed by atoms with Crippen LogP contribution in [0.2, 0.25) is 0 Å². The summed E-state index contributed by atoms with van der Waals surface area (Å²) < 4.78 is 12.8. The minimum atomic E-state index is -0.431. The molecule has 1 aromatic rings. The van der Waals surface area contributed by atoms with Crippen LogP contribution >= 0.6 is 0 Å². The highest BCUT2D eigenvalue weighted by atomic mass is 16.5. The molecular weight excluding hydrogens is 262 g/mol. The van der Waals surface area contributed by atoms with E-state index in [0.29, 0.717) is 39.3 Å². The van der Waals surface area contributed by atoms with E-state index in [-0.39, 0.29) is 11.4 Å². The van der Waals surface area contributed by atoms with Gasteiger partial charge in [-0.15, -0.1) is 0 Å². The Morgan fingerprint density at radius 2 is 1.95 bits per heavy atom. The lowest BCUT2D eigenvalue weighted by Gasteiger charge is -2.11. The summed E-state index contributed by atoms with van der Waals surface area (Å²) >= 11 is 0. The first kappa shape index (κ1) is 16.5. The van der Waals surface area contributed by atoms with E-state index in [1.54, 1.807) is 7.11 Å². The van der Waals surface area contributed by atoms with E-state index in [4.69, 9.17) is 15.2 Å². The lowest BCUT2D eigenvalue weighted by molar-refractivity contribution is 0.0678. The Kier molecular flexibility index (Phi) is 7.03. The van der Waals surface area contributed by atoms with Crippen molar-refractivity contribution < 1.29 is 9.47 Å². The van der Waals surface area contributed by atoms with Crippen molar-refractivity contribution in [1.29, 1.82) is 0 Å². The van der Waals surface area contributed by atoms with Gasteiger partial charge in [0.15, 0.2) is 0 Å². The van der Waals surface area contributed by atoms with Crippen molar-refractivity contribution in [2.45, 2.75) is 32.9 Å². The molecule has 0 atom stereocenters. The summed E-state index contributed by atoms with van der Waals surface area (Å²) in [5.41, 5.74) is 5.00. The van der Waals surface area contributed by atoms with Gasteiger partial charge >= 0.3 is 5.69 Å². The molecule has 0 aliphatic rings. The van der Waals surface area contributed by atoms with Gasteiger partial charge in [0.05, 0.1) is 13.2 Å². The van der Waals surface area contributed by atoms with Crippen molar-refractivity contribution in [2.75, 3.05) is 32.7 Å². The van der Waals surface area contributed by atoms with E-state index in [2.05, 4.69) is 0 Å². The molecule has 1 aromatic heterocycles. The number of aromatic nitrogens is 2. The Bertz CT molecular complexity index is 521. The molecule has 0 aromatic carbocycles. The van der Waals surface area contributed by atoms with Crippen LogP contribution in [0, 0.1) is 0 Å². The smallest absolute Gasteiger partial charge is 0.331 e. The Balaban J connectivity index is 2.69. The number of nitrogens with two attached hydrogens (primary N) is 1. The van der Waals surface area contributed by atoms with Gasteiger partial charge in [0.25, 0.3) is 5.56 Å². The van der Waals surface area contributed by atoms with E-state index < -0.39 is 5.56 Å². The third kappa shape index (κ3) is 4.50. The van der Waals surface area contributed by atoms with Gasteiger partial charge in [-0.2, -0.15) is 0 Å². The lowest BCUT2D eigenvalue weighted by Crippen LogP contribution is -2.40. The Hall–Kier alpha value is -1.60. The molecule has 7 heteroatoms. The van der Waals surface area contributed by atoms with Crippen LogP contribution in [0.1, 0.15) is 19.8 Å². The van der Waals surface area contributed by atoms with Crippen molar-refractivity contribution in [3.05, 3.63) is 27.0 Å². The number of hydrogen-bond donors (Lipinski definition) is 1. The summed E-state index contributed by atoms with van der Waals surface area (Å²) in [5, 5.41) is 0. The maximum absolute atomic E-state index is 12.1. The van der Waals surface area contributed by atoms with Crippen LogP contribution in [0.3, 0.4) is 0 Å². The zero-order valence-electron chi connectivity index (χ0n) is 12.1. The van der Waals surface area contributed by atoms with Crippen molar-refractivity contribution >= 4 is 5.69 Å². The average molecular weight is 285 g/mol. The summed E-state index contributed by atoms with van der Waals surface area (Å²) in [6, 6.07) is 0. The van der Waals surface area contributed by atoms with Gasteiger partial charge in [-0.25, -0.2) is 4.79 Å². The number of aryl methyl sites for hydroxylation is 1. The molecule has 0 saturated carbocycles. The third-order valence-electron chi connectivity index (χ3n) is 2.83. The zero-order chi connectivity index (χ0) is 15.0. The van der Waals surface area contributed by atoms with E-state index in [9.17, 15) is 9.59 Å². The van der Waals surface area contributed by atoms with E-state index >= 15 is 0 Å². The fourth-order valence-corrected chi connectivity index (χ4v) is 1.84. The van der Waals surface area contributed by atoms with Gasteiger partial charge in [-0.3, -0.25) is 13.9 Å². The number of methoxy groups -OCH3 is 1. The molecular formula is C13H23N3O4. The minimum Gasteiger partial charge on any atom is -0.393 e. The predicted octanol–water partition coefficient (Wildman–Crippen LogP) is 0.0553. The van der Waals surface area contributed by atoms with Crippen LogP contribution in [-0.4, -0.2) is 36.1 Å². The second kappa shape index (κ2) is 8.55. The summed E-state index contributed by atoms with van der Waals surface area (Å²) in [5.74, 6) is 0. The summed E-state index contributed by atoms with van der Waals surface area (Å²) in [6.07, 6.45) is 2.80. The first-order valence-electron chi connectivity index (χ1n) is 6.78. The number of ether oxygens (including phenoxy) is 2. The fourth-order valence-electron chi connectivity index (χ4n) is 1.84. The molecule has 20 heavy (non-hydrogen) atoms. The molecule has 0 unspecified atom stereocenters. The second-order valence-electron chi connectivity index (χ2n) is 4.48. The summed E-state index contributed by atoms with van der Waals surface area (Å²) in [7, 11) is 1.60. The molecule has 0 spiro atoms. The van der Waals surface area contributed by atoms with Gasteiger partial charge < -0.3 is 15.2 Å². The first-order valence-corrected chi connectivity index (χ1v) is 6.78. The molecule has 0 radical (unpaired) electrons. The summed E-state index contributed by atoms with van der Waals surface area (Å²) in [6.45, 7) is 4.32. The molecule has 0 fully saturated rings. The van der Waals surface area contributed by atoms with Crippen molar-refractivity contribution in [1.82, 2.24) is 9.13 Å². The molecule has 2 N–H and O–H groups in total. The number of nitrogen functional groups attached to an aromatic ring is 1. The molecule has 1 heterocycles. The third-order valence-corrected chi connectivity index (χ3v) is 2.83. The van der Waals surface area contributed by atoms with Gasteiger partial charge in [-0.1, -0.05) is 6.92 Å². The van der Waals surface area contributed by atoms with Gasteiger partial charge in [0.1, 0.15) is 5.69 Å². The maximum Gasteiger partial charge on any atom is 0.331 e. The quantitative estimate of drug-likeness (QED) is 0.648. The zero-order valence-corrected chi connectivity index (χ0v) is 12.1. The maximum atomic E-state index is 12.1. The van der Waals surface area contributed by atoms with Crippen LogP contribution in [0.4, 0.5) is 5.69 Å². The van der Waals surface area contributed by atoms with Crippen molar-refractivity contribution in [2.24, 2.45) is 0 Å². The minimum absolute atomic E-state index is 0.0957. The van der Waals surface area contributed by atoms with Crippen LogP contribution in [0.25, 0.3) is 0 Å². The largest absolute Gasteiger partial charge is 0.393 e. The highest BCUT2D eigenvalue weighted by Gasteiger charge is 2.08. The average Bonchev–Trinajstić information content (AvgIpc) is 2.43. The predicted molar refractivity (Wildman–Crippen MR) is 77.0 cm³/mol. The van der Waals surface area contributed by atoms with Crippen LogP contribution in [0.15, 0.2) is 15.8 Å². The lowest BCUT2D eigenvalue weighted by atomic mass is 10.4. The van der Waals surface area contributed by atoms with E-state index in [1.807, 2.05) is 6.92 Å². The molecule has 7 nitrogen and oxygen atoms in total. The van der Waals surface area contributed by atoms with E-state index in [1.165, 1.54) is 15.3 Å². The summed E-state index contributed by atoms with van der Waals surface area (Å²) in [4.78, 5) is 24.0. The fraction of sp³-hybridized carbons (Fsp3) is 0.692. The van der Waals surface area contributed by atoms with Crippen LogP contribution < -0.4 is 17.0 Å². The van der Waals surface area contributed by atoms with Gasteiger partial charge in [-0.05, 0) is 12.8 Å². The normalized spacial score (nSPS) is 10.9. The number of anilines is 1. The monoisotopic (exact) mass is 285 g/mol. The molecule has 0 amide bonds. The molecule has 0 aliphatic carbocycles. The highest BCUT2D eigenvalue weighted by molar-refractivity contribution is 5.30. The van der Waals surface area contributed by atoms with Crippen LogP contribution in [-0.2, 0) is 22.6 Å². The SMILES string of the molecule is CCCn1cc(N)c(=O)n(CCCOCCOC)c1=O. The standard InChI is InChI=1S/C13H23N3O4/c1-3-5-15-10-11(14)12(17)16(13(15)18)6-4-7-20-9-8-19-2/h10H,3-9,14H2,1-2H3. The van der Waals surface area contributed by atoms with Gasteiger partial charge in [0, 0.05) is 33.0 Å². The van der Waals surface area contributed by atoms with Crippen LogP contribution in [0.5, 0.6) is 0 Å². The molecule has 0 aliphatic heterocycles. The first-order chi connectivity index (χ1) is 9.61. The Morgan fingerprint density at radius 1 is 1.20 bits per heavy atom. The molecule has 1 rings (SSSR count).